The van der Waals surface area contributed by atoms with Gasteiger partial charge in [0.15, 0.2) is 5.78 Å². The molecule has 0 atom stereocenters. The van der Waals surface area contributed by atoms with Gasteiger partial charge >= 0.3 is 5.97 Å². The van der Waals surface area contributed by atoms with Crippen molar-refractivity contribution in [3.8, 4) is 16.9 Å². The second-order valence-corrected chi connectivity index (χ2v) is 8.12. The van der Waals surface area contributed by atoms with Gasteiger partial charge in [-0.25, -0.2) is 4.79 Å². The molecule has 0 aliphatic carbocycles. The Hall–Kier alpha value is -3.40. The maximum Gasteiger partial charge on any atom is 0.338 e. The molecule has 0 N–H and O–H groups in total. The van der Waals surface area contributed by atoms with Gasteiger partial charge in [-0.15, -0.1) is 0 Å². The molecule has 0 amide bonds. The van der Waals surface area contributed by atoms with Crippen molar-refractivity contribution in [3.05, 3.63) is 89.5 Å². The molecular weight excluding hydrogens is 376 g/mol. The van der Waals surface area contributed by atoms with Gasteiger partial charge in [-0.3, -0.25) is 4.79 Å². The van der Waals surface area contributed by atoms with Gasteiger partial charge in [0, 0.05) is 11.1 Å². The Bertz CT molecular complexity index is 1030. The molecule has 0 aliphatic heterocycles. The van der Waals surface area contributed by atoms with Gasteiger partial charge in [-0.2, -0.15) is 0 Å². The van der Waals surface area contributed by atoms with E-state index in [1.165, 1.54) is 6.92 Å². The molecule has 0 saturated carbocycles. The maximum absolute atomic E-state index is 12.3. The molecule has 0 spiro atoms. The quantitative estimate of drug-likeness (QED) is 0.370. The molecule has 0 fully saturated rings. The molecule has 0 bridgehead atoms. The number of carbonyl (C=O) groups is 2. The van der Waals surface area contributed by atoms with Crippen LogP contribution in [0.2, 0.25) is 0 Å². The fraction of sp³-hybridized carbons (Fsp3) is 0.231. The lowest BCUT2D eigenvalue weighted by Crippen LogP contribution is -2.23. The monoisotopic (exact) mass is 402 g/mol. The van der Waals surface area contributed by atoms with Crippen LogP contribution in [0.1, 0.15) is 54.0 Å². The van der Waals surface area contributed by atoms with Gasteiger partial charge in [0.2, 0.25) is 0 Å². The number of esters is 1. The van der Waals surface area contributed by atoms with Crippen molar-refractivity contribution in [2.75, 3.05) is 0 Å². The summed E-state index contributed by atoms with van der Waals surface area (Å²) in [5.74, 6) is 0.289. The van der Waals surface area contributed by atoms with Gasteiger partial charge in [0.1, 0.15) is 18.0 Å². The van der Waals surface area contributed by atoms with Gasteiger partial charge < -0.3 is 9.47 Å². The Morgan fingerprint density at radius 1 is 0.833 bits per heavy atom. The third-order valence-electron chi connectivity index (χ3n) is 4.45. The molecule has 0 aromatic heterocycles. The van der Waals surface area contributed by atoms with Crippen LogP contribution in [-0.4, -0.2) is 17.4 Å². The van der Waals surface area contributed by atoms with Crippen molar-refractivity contribution >= 4 is 11.8 Å². The predicted molar refractivity (Wildman–Crippen MR) is 118 cm³/mol. The zero-order valence-electron chi connectivity index (χ0n) is 17.8. The van der Waals surface area contributed by atoms with Crippen LogP contribution in [-0.2, 0) is 11.3 Å². The standard InChI is InChI=1S/C26H26O4/c1-18(27)22-14-15-24(29-17-19-8-6-5-7-9-19)23(16-22)20-10-12-21(13-11-20)25(28)30-26(2,3)4/h5-16H,17H2,1-4H3. The number of hydrogen-bond acceptors (Lipinski definition) is 4. The van der Waals surface area contributed by atoms with Crippen molar-refractivity contribution < 1.29 is 19.1 Å². The molecule has 0 radical (unpaired) electrons. The highest BCUT2D eigenvalue weighted by Gasteiger charge is 2.18. The molecule has 154 valence electrons. The molecule has 4 heteroatoms. The summed E-state index contributed by atoms with van der Waals surface area (Å²) in [6, 6.07) is 22.4. The Kier molecular flexibility index (Phi) is 6.36. The van der Waals surface area contributed by atoms with Crippen LogP contribution in [0.3, 0.4) is 0 Å². The highest BCUT2D eigenvalue weighted by atomic mass is 16.6. The zero-order valence-corrected chi connectivity index (χ0v) is 17.8. The van der Waals surface area contributed by atoms with Crippen molar-refractivity contribution in [2.45, 2.75) is 39.9 Å². The average Bonchev–Trinajstić information content (AvgIpc) is 2.71. The largest absolute Gasteiger partial charge is 0.488 e. The van der Waals surface area contributed by atoms with Crippen LogP contribution in [0.5, 0.6) is 5.75 Å². The van der Waals surface area contributed by atoms with Crippen LogP contribution in [0.4, 0.5) is 0 Å². The minimum absolute atomic E-state index is 0.0174. The number of ether oxygens (including phenoxy) is 2. The fourth-order valence-corrected chi connectivity index (χ4v) is 2.96. The normalized spacial score (nSPS) is 11.1. The van der Waals surface area contributed by atoms with E-state index in [1.54, 1.807) is 18.2 Å². The summed E-state index contributed by atoms with van der Waals surface area (Å²) in [4.78, 5) is 24.2. The van der Waals surface area contributed by atoms with Crippen LogP contribution in [0.25, 0.3) is 11.1 Å². The van der Waals surface area contributed by atoms with Crippen LogP contribution >= 0.6 is 0 Å². The molecule has 0 unspecified atom stereocenters. The van der Waals surface area contributed by atoms with E-state index in [0.717, 1.165) is 16.7 Å². The number of Topliss-reactive ketones (excluding diaryl/α,β-unsaturated/α-hetero) is 1. The van der Waals surface area contributed by atoms with Crippen LogP contribution < -0.4 is 4.74 Å². The van der Waals surface area contributed by atoms with Crippen molar-refractivity contribution in [1.29, 1.82) is 0 Å². The fourth-order valence-electron chi connectivity index (χ4n) is 2.96. The SMILES string of the molecule is CC(=O)c1ccc(OCc2ccccc2)c(-c2ccc(C(=O)OC(C)(C)C)cc2)c1. The Morgan fingerprint density at radius 3 is 2.07 bits per heavy atom. The van der Waals surface area contributed by atoms with E-state index in [2.05, 4.69) is 0 Å². The third-order valence-corrected chi connectivity index (χ3v) is 4.45. The summed E-state index contributed by atoms with van der Waals surface area (Å²) in [6.45, 7) is 7.47. The van der Waals surface area contributed by atoms with E-state index in [1.807, 2.05) is 75.4 Å². The summed E-state index contributed by atoms with van der Waals surface area (Å²) in [6.07, 6.45) is 0. The Morgan fingerprint density at radius 2 is 1.47 bits per heavy atom. The van der Waals surface area contributed by atoms with Crippen molar-refractivity contribution in [2.24, 2.45) is 0 Å². The molecule has 3 aromatic rings. The Labute approximate surface area is 177 Å². The molecule has 0 aliphatic rings. The van der Waals surface area contributed by atoms with Gasteiger partial charge in [0.25, 0.3) is 0 Å². The number of benzene rings is 3. The lowest BCUT2D eigenvalue weighted by molar-refractivity contribution is 0.00694. The molecule has 3 aromatic carbocycles. The molecule has 3 rings (SSSR count). The highest BCUT2D eigenvalue weighted by Crippen LogP contribution is 2.32. The zero-order chi connectivity index (χ0) is 21.7. The smallest absolute Gasteiger partial charge is 0.338 e. The summed E-state index contributed by atoms with van der Waals surface area (Å²) >= 11 is 0. The Balaban J connectivity index is 1.89. The second kappa shape index (κ2) is 8.95. The van der Waals surface area contributed by atoms with E-state index in [9.17, 15) is 9.59 Å². The van der Waals surface area contributed by atoms with E-state index in [0.29, 0.717) is 23.5 Å². The number of ketones is 1. The maximum atomic E-state index is 12.3. The summed E-state index contributed by atoms with van der Waals surface area (Å²) in [7, 11) is 0. The minimum Gasteiger partial charge on any atom is -0.488 e. The first-order valence-corrected chi connectivity index (χ1v) is 9.88. The summed E-state index contributed by atoms with van der Waals surface area (Å²) in [5, 5.41) is 0. The highest BCUT2D eigenvalue weighted by molar-refractivity contribution is 5.96. The third kappa shape index (κ3) is 5.57. The lowest BCUT2D eigenvalue weighted by Gasteiger charge is -2.19. The summed E-state index contributed by atoms with van der Waals surface area (Å²) in [5.41, 5.74) is 3.24. The first-order valence-electron chi connectivity index (χ1n) is 9.88. The van der Waals surface area contributed by atoms with E-state index in [-0.39, 0.29) is 11.8 Å². The lowest BCUT2D eigenvalue weighted by atomic mass is 9.99. The molecule has 0 saturated heterocycles. The first kappa shape index (κ1) is 21.3. The topological polar surface area (TPSA) is 52.6 Å². The molecule has 0 heterocycles. The van der Waals surface area contributed by atoms with Crippen LogP contribution in [0, 0.1) is 0 Å². The molecule has 4 nitrogen and oxygen atoms in total. The number of hydrogen-bond donors (Lipinski definition) is 0. The van der Waals surface area contributed by atoms with Gasteiger partial charge in [0.05, 0.1) is 5.56 Å². The van der Waals surface area contributed by atoms with E-state index < -0.39 is 5.60 Å². The second-order valence-electron chi connectivity index (χ2n) is 8.12. The minimum atomic E-state index is -0.552. The van der Waals surface area contributed by atoms with Crippen molar-refractivity contribution in [3.63, 3.8) is 0 Å². The number of rotatable bonds is 6. The summed E-state index contributed by atoms with van der Waals surface area (Å²) < 4.78 is 11.5. The molecular formula is C26H26O4. The molecule has 30 heavy (non-hydrogen) atoms. The predicted octanol–water partition coefficient (Wildman–Crippen LogP) is 6.09. The number of carbonyl (C=O) groups excluding carboxylic acids is 2. The van der Waals surface area contributed by atoms with E-state index >= 15 is 0 Å². The van der Waals surface area contributed by atoms with E-state index in [4.69, 9.17) is 9.47 Å². The van der Waals surface area contributed by atoms with Gasteiger partial charge in [-0.1, -0.05) is 42.5 Å². The van der Waals surface area contributed by atoms with Crippen LogP contribution in [0.15, 0.2) is 72.8 Å². The van der Waals surface area contributed by atoms with Crippen molar-refractivity contribution in [1.82, 2.24) is 0 Å². The first-order chi connectivity index (χ1) is 14.2. The average molecular weight is 402 g/mol. The van der Waals surface area contributed by atoms with Gasteiger partial charge in [-0.05, 0) is 69.2 Å².